The van der Waals surface area contributed by atoms with Gasteiger partial charge in [-0.15, -0.1) is 0 Å². The lowest BCUT2D eigenvalue weighted by Gasteiger charge is -2.23. The van der Waals surface area contributed by atoms with Crippen molar-refractivity contribution in [2.45, 2.75) is 19.3 Å². The van der Waals surface area contributed by atoms with Crippen LogP contribution < -0.4 is 4.90 Å². The second-order valence-electron chi connectivity index (χ2n) is 5.98. The van der Waals surface area contributed by atoms with Crippen molar-refractivity contribution in [1.29, 1.82) is 0 Å². The van der Waals surface area contributed by atoms with Gasteiger partial charge in [-0.3, -0.25) is 4.99 Å². The zero-order valence-corrected chi connectivity index (χ0v) is 15.2. The number of hydrogen-bond donors (Lipinski definition) is 0. The van der Waals surface area contributed by atoms with Crippen LogP contribution in [-0.4, -0.2) is 13.3 Å². The number of aliphatic imine (C=N–C) groups is 1. The lowest BCUT2D eigenvalue weighted by atomic mass is 9.84. The summed E-state index contributed by atoms with van der Waals surface area (Å²) in [5.41, 5.74) is 4.92. The van der Waals surface area contributed by atoms with Gasteiger partial charge in [-0.1, -0.05) is 44.2 Å². The van der Waals surface area contributed by atoms with Crippen molar-refractivity contribution in [1.82, 2.24) is 0 Å². The zero-order chi connectivity index (χ0) is 15.7. The van der Waals surface area contributed by atoms with E-state index in [2.05, 4.69) is 89.8 Å². The number of halogens is 1. The maximum Gasteiger partial charge on any atom is 0.0762 e. The fraction of sp³-hybridized carbons (Fsp3) is 0.211. The van der Waals surface area contributed by atoms with E-state index in [4.69, 9.17) is 0 Å². The molecule has 3 rings (SSSR count). The molecule has 0 aromatic heterocycles. The Kier molecular flexibility index (Phi) is 4.08. The van der Waals surface area contributed by atoms with Crippen molar-refractivity contribution < 1.29 is 0 Å². The third-order valence-electron chi connectivity index (χ3n) is 4.24. The highest BCUT2D eigenvalue weighted by Crippen LogP contribution is 2.46. The first-order valence-electron chi connectivity index (χ1n) is 7.34. The molecular weight excluding hydrogens is 383 g/mol. The van der Waals surface area contributed by atoms with Gasteiger partial charge >= 0.3 is 0 Å². The van der Waals surface area contributed by atoms with Crippen molar-refractivity contribution in [2.24, 2.45) is 4.99 Å². The first kappa shape index (κ1) is 15.3. The normalized spacial score (nSPS) is 18.2. The molecule has 0 unspecified atom stereocenters. The molecule has 22 heavy (non-hydrogen) atoms. The molecule has 0 fully saturated rings. The summed E-state index contributed by atoms with van der Waals surface area (Å²) in [6.07, 6.45) is 4.04. The van der Waals surface area contributed by atoms with Crippen LogP contribution in [0.15, 0.2) is 65.3 Å². The van der Waals surface area contributed by atoms with Gasteiger partial charge in [-0.2, -0.15) is 0 Å². The van der Waals surface area contributed by atoms with E-state index in [1.807, 2.05) is 24.4 Å². The predicted octanol–water partition coefficient (Wildman–Crippen LogP) is 5.31. The van der Waals surface area contributed by atoms with E-state index >= 15 is 0 Å². The van der Waals surface area contributed by atoms with E-state index in [1.54, 1.807) is 0 Å². The minimum absolute atomic E-state index is 0.00120. The van der Waals surface area contributed by atoms with Gasteiger partial charge in [-0.25, -0.2) is 0 Å². The monoisotopic (exact) mass is 402 g/mol. The number of anilines is 1. The number of likely N-dealkylation sites (N-methyl/N-ethyl adjacent to an activating group) is 1. The van der Waals surface area contributed by atoms with Crippen molar-refractivity contribution in [3.05, 3.63) is 69.4 Å². The van der Waals surface area contributed by atoms with E-state index in [9.17, 15) is 0 Å². The third kappa shape index (κ3) is 2.58. The van der Waals surface area contributed by atoms with Gasteiger partial charge in [0.1, 0.15) is 0 Å². The smallest absolute Gasteiger partial charge is 0.0762 e. The summed E-state index contributed by atoms with van der Waals surface area (Å²) in [5, 5.41) is 0. The zero-order valence-electron chi connectivity index (χ0n) is 13.0. The lowest BCUT2D eigenvalue weighted by molar-refractivity contribution is 0.641. The molecule has 0 radical (unpaired) electrons. The lowest BCUT2D eigenvalue weighted by Crippen LogP contribution is -2.23. The van der Waals surface area contributed by atoms with Crippen LogP contribution in [0.3, 0.4) is 0 Å². The second-order valence-corrected chi connectivity index (χ2v) is 7.14. The fourth-order valence-corrected chi connectivity index (χ4v) is 3.57. The van der Waals surface area contributed by atoms with E-state index in [1.165, 1.54) is 16.9 Å². The minimum Gasteiger partial charge on any atom is -0.347 e. The Balaban J connectivity index is 1.94. The van der Waals surface area contributed by atoms with Gasteiger partial charge < -0.3 is 4.90 Å². The molecule has 112 valence electrons. The Hall–Kier alpha value is -1.62. The number of fused-ring (bicyclic) bond motifs is 1. The highest BCUT2D eigenvalue weighted by molar-refractivity contribution is 14.1. The van der Waals surface area contributed by atoms with Crippen LogP contribution in [0.25, 0.3) is 0 Å². The summed E-state index contributed by atoms with van der Waals surface area (Å²) < 4.78 is 1.16. The molecule has 1 heterocycles. The quantitative estimate of drug-likeness (QED) is 0.492. The maximum absolute atomic E-state index is 4.60. The van der Waals surface area contributed by atoms with Gasteiger partial charge in [0.2, 0.25) is 0 Å². The summed E-state index contributed by atoms with van der Waals surface area (Å²) >= 11 is 2.31. The molecule has 0 N–H and O–H groups in total. The van der Waals surface area contributed by atoms with Gasteiger partial charge in [0.15, 0.2) is 0 Å². The van der Waals surface area contributed by atoms with Crippen LogP contribution in [-0.2, 0) is 5.41 Å². The minimum atomic E-state index is 0.00120. The Morgan fingerprint density at radius 2 is 1.73 bits per heavy atom. The molecular formula is C19H19IN2. The average Bonchev–Trinajstić information content (AvgIpc) is 2.70. The molecule has 2 nitrogen and oxygen atoms in total. The second kappa shape index (κ2) is 5.88. The van der Waals surface area contributed by atoms with Crippen molar-refractivity contribution in [3.8, 4) is 0 Å². The van der Waals surface area contributed by atoms with E-state index in [-0.39, 0.29) is 5.41 Å². The molecule has 1 aliphatic heterocycles. The molecule has 2 aromatic rings. The molecule has 2 aromatic carbocycles. The van der Waals surface area contributed by atoms with Gasteiger partial charge in [-0.05, 0) is 52.4 Å². The van der Waals surface area contributed by atoms with Gasteiger partial charge in [0.05, 0.1) is 5.69 Å². The molecule has 0 bridgehead atoms. The average molecular weight is 402 g/mol. The SMILES string of the molecule is CN1/C(=C/C=Nc2ccccc2I)C(C)(C)c2ccccc21. The molecule has 0 atom stereocenters. The molecule has 0 spiro atoms. The molecule has 0 saturated carbocycles. The Morgan fingerprint density at radius 1 is 1.05 bits per heavy atom. The summed E-state index contributed by atoms with van der Waals surface area (Å²) in [5.74, 6) is 0. The number of para-hydroxylation sites is 2. The van der Waals surface area contributed by atoms with E-state index in [0.29, 0.717) is 0 Å². The van der Waals surface area contributed by atoms with Crippen LogP contribution in [0.1, 0.15) is 19.4 Å². The molecule has 0 amide bonds. The van der Waals surface area contributed by atoms with Crippen molar-refractivity contribution >= 4 is 40.2 Å². The standard InChI is InChI=1S/C19H19IN2/c1-19(2)14-8-4-7-11-17(14)22(3)18(19)12-13-21-16-10-6-5-9-15(16)20/h4-13H,1-3H3/b18-12+,21-13?. The van der Waals surface area contributed by atoms with E-state index in [0.717, 1.165) is 9.26 Å². The van der Waals surface area contributed by atoms with Crippen LogP contribution in [0.5, 0.6) is 0 Å². The highest BCUT2D eigenvalue weighted by Gasteiger charge is 2.37. The summed E-state index contributed by atoms with van der Waals surface area (Å²) in [7, 11) is 2.12. The van der Waals surface area contributed by atoms with Crippen LogP contribution in [0.2, 0.25) is 0 Å². The van der Waals surface area contributed by atoms with E-state index < -0.39 is 0 Å². The van der Waals surface area contributed by atoms with Crippen molar-refractivity contribution in [2.75, 3.05) is 11.9 Å². The first-order valence-corrected chi connectivity index (χ1v) is 8.42. The maximum atomic E-state index is 4.60. The Morgan fingerprint density at radius 3 is 2.45 bits per heavy atom. The Labute approximate surface area is 145 Å². The highest BCUT2D eigenvalue weighted by atomic mass is 127. The fourth-order valence-electron chi connectivity index (χ4n) is 3.05. The number of rotatable bonds is 2. The predicted molar refractivity (Wildman–Crippen MR) is 103 cm³/mol. The first-order chi connectivity index (χ1) is 10.5. The number of benzene rings is 2. The Bertz CT molecular complexity index is 760. The van der Waals surface area contributed by atoms with Crippen molar-refractivity contribution in [3.63, 3.8) is 0 Å². The molecule has 0 saturated heterocycles. The summed E-state index contributed by atoms with van der Waals surface area (Å²) in [6, 6.07) is 16.7. The van der Waals surface area contributed by atoms with Crippen LogP contribution in [0.4, 0.5) is 11.4 Å². The number of allylic oxidation sites excluding steroid dienone is 2. The molecule has 1 aliphatic rings. The summed E-state index contributed by atoms with van der Waals surface area (Å²) in [4.78, 5) is 6.86. The summed E-state index contributed by atoms with van der Waals surface area (Å²) in [6.45, 7) is 4.53. The third-order valence-corrected chi connectivity index (χ3v) is 5.15. The van der Waals surface area contributed by atoms with Crippen LogP contribution in [0, 0.1) is 3.57 Å². The van der Waals surface area contributed by atoms with Gasteiger partial charge in [0.25, 0.3) is 0 Å². The number of nitrogens with zero attached hydrogens (tertiary/aromatic N) is 2. The van der Waals surface area contributed by atoms with Gasteiger partial charge in [0, 0.05) is 33.6 Å². The van der Waals surface area contributed by atoms with Crippen LogP contribution >= 0.6 is 22.6 Å². The number of hydrogen-bond acceptors (Lipinski definition) is 2. The molecule has 0 aliphatic carbocycles. The largest absolute Gasteiger partial charge is 0.347 e. The topological polar surface area (TPSA) is 15.6 Å². The molecule has 3 heteroatoms.